The highest BCUT2D eigenvalue weighted by atomic mass is 16.2. The molecule has 0 aliphatic heterocycles. The van der Waals surface area contributed by atoms with Gasteiger partial charge >= 0.3 is 0 Å². The number of carbonyl (C=O) groups excluding carboxylic acids is 2. The number of carbonyl (C=O) groups is 2. The van der Waals surface area contributed by atoms with E-state index in [0.29, 0.717) is 0 Å². The minimum absolute atomic E-state index is 0.215. The van der Waals surface area contributed by atoms with Gasteiger partial charge in [0.2, 0.25) is 11.8 Å². The zero-order chi connectivity index (χ0) is 13.0. The van der Waals surface area contributed by atoms with Crippen molar-refractivity contribution in [2.45, 2.75) is 33.7 Å². The van der Waals surface area contributed by atoms with E-state index in [9.17, 15) is 9.59 Å². The van der Waals surface area contributed by atoms with Crippen molar-refractivity contribution in [3.8, 4) is 0 Å². The molecule has 92 valence electrons. The molecule has 17 heavy (non-hydrogen) atoms. The smallest absolute Gasteiger partial charge is 0.246 e. The van der Waals surface area contributed by atoms with Gasteiger partial charge in [-0.3, -0.25) is 9.59 Å². The van der Waals surface area contributed by atoms with E-state index in [2.05, 4.69) is 10.6 Å². The van der Waals surface area contributed by atoms with Crippen LogP contribution in [-0.4, -0.2) is 17.9 Å². The van der Waals surface area contributed by atoms with Gasteiger partial charge in [0.1, 0.15) is 6.04 Å². The third-order valence-corrected chi connectivity index (χ3v) is 2.45. The number of amides is 2. The molecule has 2 N–H and O–H groups in total. The second-order valence-electron chi connectivity index (χ2n) is 4.23. The summed E-state index contributed by atoms with van der Waals surface area (Å²) in [6.45, 7) is 6.98. The molecule has 0 spiro atoms. The number of anilines is 1. The lowest BCUT2D eigenvalue weighted by Crippen LogP contribution is -2.40. The van der Waals surface area contributed by atoms with Crippen LogP contribution < -0.4 is 10.6 Å². The Morgan fingerprint density at radius 2 is 1.88 bits per heavy atom. The summed E-state index contributed by atoms with van der Waals surface area (Å²) in [5.74, 6) is -0.430. The molecule has 4 nitrogen and oxygen atoms in total. The van der Waals surface area contributed by atoms with Gasteiger partial charge in [0, 0.05) is 12.6 Å². The van der Waals surface area contributed by atoms with E-state index in [1.54, 1.807) is 6.92 Å². The Morgan fingerprint density at radius 3 is 2.41 bits per heavy atom. The minimum Gasteiger partial charge on any atom is -0.345 e. The van der Waals surface area contributed by atoms with Crippen LogP contribution in [0.5, 0.6) is 0 Å². The van der Waals surface area contributed by atoms with Crippen LogP contribution >= 0.6 is 0 Å². The van der Waals surface area contributed by atoms with Crippen LogP contribution in [0.3, 0.4) is 0 Å². The number of benzene rings is 1. The van der Waals surface area contributed by atoms with E-state index >= 15 is 0 Å². The van der Waals surface area contributed by atoms with Gasteiger partial charge in [-0.05, 0) is 32.4 Å². The van der Waals surface area contributed by atoms with E-state index in [1.165, 1.54) is 6.92 Å². The van der Waals surface area contributed by atoms with Crippen molar-refractivity contribution in [1.82, 2.24) is 5.32 Å². The minimum atomic E-state index is -0.534. The van der Waals surface area contributed by atoms with Crippen molar-refractivity contribution in [1.29, 1.82) is 0 Å². The Balaban J connectivity index is 2.71. The zero-order valence-corrected chi connectivity index (χ0v) is 10.6. The largest absolute Gasteiger partial charge is 0.345 e. The van der Waals surface area contributed by atoms with Crippen LogP contribution in [0.1, 0.15) is 25.0 Å². The summed E-state index contributed by atoms with van der Waals surface area (Å²) >= 11 is 0. The highest BCUT2D eigenvalue weighted by Crippen LogP contribution is 2.16. The normalized spacial score (nSPS) is 11.8. The Labute approximate surface area is 101 Å². The molecule has 0 radical (unpaired) electrons. The average molecular weight is 234 g/mol. The highest BCUT2D eigenvalue weighted by Gasteiger charge is 2.14. The fourth-order valence-electron chi connectivity index (χ4n) is 1.57. The maximum absolute atomic E-state index is 11.8. The van der Waals surface area contributed by atoms with Crippen molar-refractivity contribution in [2.24, 2.45) is 0 Å². The second-order valence-corrected chi connectivity index (χ2v) is 4.23. The second kappa shape index (κ2) is 5.48. The van der Waals surface area contributed by atoms with Gasteiger partial charge < -0.3 is 10.6 Å². The van der Waals surface area contributed by atoms with Crippen molar-refractivity contribution >= 4 is 17.5 Å². The van der Waals surface area contributed by atoms with Gasteiger partial charge in [0.15, 0.2) is 0 Å². The molecule has 0 bridgehead atoms. The maximum atomic E-state index is 11.8. The molecule has 4 heteroatoms. The molecular weight excluding hydrogens is 216 g/mol. The van der Waals surface area contributed by atoms with Gasteiger partial charge in [-0.1, -0.05) is 17.7 Å². The van der Waals surface area contributed by atoms with Gasteiger partial charge in [-0.2, -0.15) is 0 Å². The van der Waals surface area contributed by atoms with Gasteiger partial charge in [-0.15, -0.1) is 0 Å². The predicted molar refractivity (Wildman–Crippen MR) is 67.8 cm³/mol. The highest BCUT2D eigenvalue weighted by molar-refractivity contribution is 5.97. The quantitative estimate of drug-likeness (QED) is 0.837. The van der Waals surface area contributed by atoms with Crippen LogP contribution in [0.4, 0.5) is 5.69 Å². The SMILES string of the molecule is CC(=O)NC(C)C(=O)Nc1ccc(C)cc1C. The molecule has 1 aromatic carbocycles. The first kappa shape index (κ1) is 13.2. The summed E-state index contributed by atoms with van der Waals surface area (Å²) < 4.78 is 0. The summed E-state index contributed by atoms with van der Waals surface area (Å²) in [5.41, 5.74) is 2.93. The fraction of sp³-hybridized carbons (Fsp3) is 0.385. The molecule has 1 unspecified atom stereocenters. The molecule has 0 heterocycles. The van der Waals surface area contributed by atoms with Crippen molar-refractivity contribution in [2.75, 3.05) is 5.32 Å². The molecule has 0 fully saturated rings. The lowest BCUT2D eigenvalue weighted by atomic mass is 10.1. The van der Waals surface area contributed by atoms with Crippen LogP contribution in [0.25, 0.3) is 0 Å². The van der Waals surface area contributed by atoms with E-state index < -0.39 is 6.04 Å². The standard InChI is InChI=1S/C13H18N2O2/c1-8-5-6-12(9(2)7-8)15-13(17)10(3)14-11(4)16/h5-7,10H,1-4H3,(H,14,16)(H,15,17). The van der Waals surface area contributed by atoms with E-state index in [0.717, 1.165) is 16.8 Å². The number of aryl methyl sites for hydroxylation is 2. The van der Waals surface area contributed by atoms with Crippen LogP contribution in [0.2, 0.25) is 0 Å². The lowest BCUT2D eigenvalue weighted by Gasteiger charge is -2.14. The van der Waals surface area contributed by atoms with Gasteiger partial charge in [0.25, 0.3) is 0 Å². The Hall–Kier alpha value is -1.84. The number of hydrogen-bond acceptors (Lipinski definition) is 2. The molecule has 0 saturated heterocycles. The molecule has 0 aromatic heterocycles. The molecule has 0 saturated carbocycles. The Bertz CT molecular complexity index is 441. The molecule has 2 amide bonds. The molecule has 1 aromatic rings. The Kier molecular flexibility index (Phi) is 4.26. The third kappa shape index (κ3) is 3.90. The molecule has 0 aliphatic carbocycles. The first-order valence-electron chi connectivity index (χ1n) is 5.55. The molecule has 1 atom stereocenters. The number of nitrogens with one attached hydrogen (secondary N) is 2. The maximum Gasteiger partial charge on any atom is 0.246 e. The monoisotopic (exact) mass is 234 g/mol. The average Bonchev–Trinajstić information content (AvgIpc) is 2.21. The number of hydrogen-bond donors (Lipinski definition) is 2. The van der Waals surface area contributed by atoms with Crippen molar-refractivity contribution < 1.29 is 9.59 Å². The van der Waals surface area contributed by atoms with Crippen LogP contribution in [-0.2, 0) is 9.59 Å². The van der Waals surface area contributed by atoms with E-state index in [4.69, 9.17) is 0 Å². The lowest BCUT2D eigenvalue weighted by molar-refractivity contribution is -0.124. The summed E-state index contributed by atoms with van der Waals surface area (Å²) in [4.78, 5) is 22.6. The van der Waals surface area contributed by atoms with Crippen LogP contribution in [0.15, 0.2) is 18.2 Å². The van der Waals surface area contributed by atoms with Gasteiger partial charge in [0.05, 0.1) is 0 Å². The topological polar surface area (TPSA) is 58.2 Å². The molecular formula is C13H18N2O2. The van der Waals surface area contributed by atoms with Crippen LogP contribution in [0, 0.1) is 13.8 Å². The first-order chi connectivity index (χ1) is 7.90. The van der Waals surface area contributed by atoms with Crippen molar-refractivity contribution in [3.05, 3.63) is 29.3 Å². The van der Waals surface area contributed by atoms with Crippen molar-refractivity contribution in [3.63, 3.8) is 0 Å². The summed E-state index contributed by atoms with van der Waals surface area (Å²) in [6.07, 6.45) is 0. The Morgan fingerprint density at radius 1 is 1.24 bits per heavy atom. The predicted octanol–water partition coefficient (Wildman–Crippen LogP) is 1.77. The zero-order valence-electron chi connectivity index (χ0n) is 10.6. The molecule has 0 aliphatic rings. The summed E-state index contributed by atoms with van der Waals surface area (Å²) in [7, 11) is 0. The van der Waals surface area contributed by atoms with E-state index in [1.807, 2.05) is 32.0 Å². The number of rotatable bonds is 3. The van der Waals surface area contributed by atoms with Gasteiger partial charge in [-0.25, -0.2) is 0 Å². The third-order valence-electron chi connectivity index (χ3n) is 2.45. The van der Waals surface area contributed by atoms with E-state index in [-0.39, 0.29) is 11.8 Å². The fourth-order valence-corrected chi connectivity index (χ4v) is 1.57. The summed E-state index contributed by atoms with van der Waals surface area (Å²) in [6, 6.07) is 5.26. The first-order valence-corrected chi connectivity index (χ1v) is 5.55. The summed E-state index contributed by atoms with van der Waals surface area (Å²) in [5, 5.41) is 5.33. The molecule has 1 rings (SSSR count).